The molecule has 0 radical (unpaired) electrons. The number of benzene rings is 1. The van der Waals surface area contributed by atoms with Gasteiger partial charge in [-0.2, -0.15) is 0 Å². The molecule has 1 fully saturated rings. The molecule has 1 aromatic carbocycles. The molecule has 1 aromatic rings. The second kappa shape index (κ2) is 8.10. The number of nitro groups is 1. The summed E-state index contributed by atoms with van der Waals surface area (Å²) in [5.74, 6) is 0. The minimum Gasteiger partial charge on any atom is -0.315 e. The topological polar surface area (TPSA) is 58.4 Å². The van der Waals surface area contributed by atoms with Gasteiger partial charge in [0.1, 0.15) is 0 Å². The SMILES string of the molecule is CN(CCNCCc1ccccc1[N+](=O)[O-])C1CCCC1. The van der Waals surface area contributed by atoms with Crippen LogP contribution in [-0.4, -0.2) is 42.5 Å². The second-order valence-corrected chi connectivity index (χ2v) is 5.80. The van der Waals surface area contributed by atoms with Crippen molar-refractivity contribution < 1.29 is 4.92 Å². The fourth-order valence-corrected chi connectivity index (χ4v) is 3.03. The summed E-state index contributed by atoms with van der Waals surface area (Å²) in [5, 5.41) is 14.3. The standard InChI is InChI=1S/C16H25N3O2/c1-18(15-7-3-4-8-15)13-12-17-11-10-14-6-2-5-9-16(14)19(20)21/h2,5-6,9,15,17H,3-4,7-8,10-13H2,1H3. The van der Waals surface area contributed by atoms with E-state index in [0.29, 0.717) is 6.42 Å². The Kier molecular flexibility index (Phi) is 6.14. The molecule has 2 rings (SSSR count). The van der Waals surface area contributed by atoms with Gasteiger partial charge in [-0.25, -0.2) is 0 Å². The molecule has 1 aliphatic carbocycles. The van der Waals surface area contributed by atoms with E-state index in [1.807, 2.05) is 12.1 Å². The first kappa shape index (κ1) is 15.9. The maximum atomic E-state index is 10.9. The van der Waals surface area contributed by atoms with Crippen LogP contribution >= 0.6 is 0 Å². The molecule has 5 nitrogen and oxygen atoms in total. The van der Waals surface area contributed by atoms with Crippen molar-refractivity contribution >= 4 is 5.69 Å². The molecular formula is C16H25N3O2. The maximum absolute atomic E-state index is 10.9. The molecule has 0 aliphatic heterocycles. The summed E-state index contributed by atoms with van der Waals surface area (Å²) in [5.41, 5.74) is 1.03. The molecule has 0 amide bonds. The lowest BCUT2D eigenvalue weighted by Crippen LogP contribution is -2.36. The number of hydrogen-bond acceptors (Lipinski definition) is 4. The predicted molar refractivity (Wildman–Crippen MR) is 84.6 cm³/mol. The van der Waals surface area contributed by atoms with E-state index < -0.39 is 0 Å². The summed E-state index contributed by atoms with van der Waals surface area (Å²) in [6, 6.07) is 7.73. The van der Waals surface area contributed by atoms with Crippen LogP contribution in [0.25, 0.3) is 0 Å². The average molecular weight is 291 g/mol. The molecule has 1 aliphatic rings. The highest BCUT2D eigenvalue weighted by Crippen LogP contribution is 2.21. The van der Waals surface area contributed by atoms with E-state index in [-0.39, 0.29) is 10.6 Å². The Bertz CT molecular complexity index is 459. The van der Waals surface area contributed by atoms with E-state index in [9.17, 15) is 10.1 Å². The normalized spacial score (nSPS) is 15.7. The lowest BCUT2D eigenvalue weighted by atomic mass is 10.1. The zero-order valence-corrected chi connectivity index (χ0v) is 12.8. The van der Waals surface area contributed by atoms with Crippen molar-refractivity contribution in [3.05, 3.63) is 39.9 Å². The largest absolute Gasteiger partial charge is 0.315 e. The number of para-hydroxylation sites is 1. The summed E-state index contributed by atoms with van der Waals surface area (Å²) in [6.45, 7) is 2.76. The highest BCUT2D eigenvalue weighted by atomic mass is 16.6. The van der Waals surface area contributed by atoms with Crippen molar-refractivity contribution in [3.63, 3.8) is 0 Å². The van der Waals surface area contributed by atoms with Gasteiger partial charge in [0.2, 0.25) is 0 Å². The van der Waals surface area contributed by atoms with Crippen LogP contribution in [0.15, 0.2) is 24.3 Å². The molecule has 0 aromatic heterocycles. The molecule has 0 bridgehead atoms. The van der Waals surface area contributed by atoms with Crippen molar-refractivity contribution in [2.24, 2.45) is 0 Å². The predicted octanol–water partition coefficient (Wildman–Crippen LogP) is 2.60. The Hall–Kier alpha value is -1.46. The van der Waals surface area contributed by atoms with Gasteiger partial charge in [-0.05, 0) is 32.9 Å². The van der Waals surface area contributed by atoms with Gasteiger partial charge in [0, 0.05) is 30.8 Å². The van der Waals surface area contributed by atoms with Gasteiger partial charge < -0.3 is 10.2 Å². The van der Waals surface area contributed by atoms with Gasteiger partial charge in [0.15, 0.2) is 0 Å². The van der Waals surface area contributed by atoms with E-state index in [0.717, 1.165) is 31.2 Å². The third-order valence-corrected chi connectivity index (χ3v) is 4.35. The lowest BCUT2D eigenvalue weighted by molar-refractivity contribution is -0.385. The van der Waals surface area contributed by atoms with Crippen molar-refractivity contribution in [1.82, 2.24) is 10.2 Å². The Morgan fingerprint density at radius 3 is 2.71 bits per heavy atom. The number of nitrogens with zero attached hydrogens (tertiary/aromatic N) is 2. The van der Waals surface area contributed by atoms with Crippen LogP contribution in [0.2, 0.25) is 0 Å². The van der Waals surface area contributed by atoms with Crippen LogP contribution in [0.1, 0.15) is 31.2 Å². The Labute approximate surface area is 126 Å². The van der Waals surface area contributed by atoms with Crippen molar-refractivity contribution in [3.8, 4) is 0 Å². The molecule has 1 saturated carbocycles. The molecule has 5 heteroatoms. The fraction of sp³-hybridized carbons (Fsp3) is 0.625. The summed E-state index contributed by atoms with van der Waals surface area (Å²) >= 11 is 0. The quantitative estimate of drug-likeness (QED) is 0.454. The second-order valence-electron chi connectivity index (χ2n) is 5.80. The van der Waals surface area contributed by atoms with E-state index in [4.69, 9.17) is 0 Å². The minimum absolute atomic E-state index is 0.224. The van der Waals surface area contributed by atoms with Crippen LogP contribution in [-0.2, 0) is 6.42 Å². The summed E-state index contributed by atoms with van der Waals surface area (Å²) in [4.78, 5) is 13.1. The van der Waals surface area contributed by atoms with Crippen molar-refractivity contribution in [1.29, 1.82) is 0 Å². The van der Waals surface area contributed by atoms with Gasteiger partial charge in [0.25, 0.3) is 5.69 Å². The van der Waals surface area contributed by atoms with Gasteiger partial charge in [-0.1, -0.05) is 31.0 Å². The minimum atomic E-state index is -0.302. The number of nitro benzene ring substituents is 1. The first-order valence-corrected chi connectivity index (χ1v) is 7.81. The maximum Gasteiger partial charge on any atom is 0.272 e. The number of likely N-dealkylation sites (N-methyl/N-ethyl adjacent to an activating group) is 1. The van der Waals surface area contributed by atoms with Crippen LogP contribution in [0.4, 0.5) is 5.69 Å². The van der Waals surface area contributed by atoms with E-state index in [1.165, 1.54) is 25.7 Å². The number of hydrogen-bond donors (Lipinski definition) is 1. The van der Waals surface area contributed by atoms with E-state index in [2.05, 4.69) is 17.3 Å². The highest BCUT2D eigenvalue weighted by Gasteiger charge is 2.18. The molecule has 0 spiro atoms. The monoisotopic (exact) mass is 291 g/mol. The van der Waals surface area contributed by atoms with Gasteiger partial charge >= 0.3 is 0 Å². The van der Waals surface area contributed by atoms with Gasteiger partial charge in [-0.3, -0.25) is 10.1 Å². The fourth-order valence-electron chi connectivity index (χ4n) is 3.03. The molecule has 0 unspecified atom stereocenters. The molecule has 0 atom stereocenters. The molecule has 21 heavy (non-hydrogen) atoms. The third kappa shape index (κ3) is 4.79. The summed E-state index contributed by atoms with van der Waals surface area (Å²) in [7, 11) is 2.19. The lowest BCUT2D eigenvalue weighted by Gasteiger charge is -2.23. The molecule has 116 valence electrons. The van der Waals surface area contributed by atoms with Crippen LogP contribution < -0.4 is 5.32 Å². The van der Waals surface area contributed by atoms with E-state index >= 15 is 0 Å². The van der Waals surface area contributed by atoms with Gasteiger partial charge in [-0.15, -0.1) is 0 Å². The molecule has 0 heterocycles. The number of nitrogens with one attached hydrogen (secondary N) is 1. The van der Waals surface area contributed by atoms with Crippen LogP contribution in [0.3, 0.4) is 0 Å². The third-order valence-electron chi connectivity index (χ3n) is 4.35. The first-order valence-electron chi connectivity index (χ1n) is 7.81. The highest BCUT2D eigenvalue weighted by molar-refractivity contribution is 5.39. The Balaban J connectivity index is 1.67. The van der Waals surface area contributed by atoms with Crippen LogP contribution in [0, 0.1) is 10.1 Å². The van der Waals surface area contributed by atoms with E-state index in [1.54, 1.807) is 12.1 Å². The Morgan fingerprint density at radius 2 is 2.00 bits per heavy atom. The molecule has 1 N–H and O–H groups in total. The Morgan fingerprint density at radius 1 is 1.29 bits per heavy atom. The number of rotatable bonds is 8. The van der Waals surface area contributed by atoms with Crippen molar-refractivity contribution in [2.45, 2.75) is 38.1 Å². The zero-order valence-electron chi connectivity index (χ0n) is 12.8. The summed E-state index contributed by atoms with van der Waals surface area (Å²) < 4.78 is 0. The molecular weight excluding hydrogens is 266 g/mol. The summed E-state index contributed by atoms with van der Waals surface area (Å²) in [6.07, 6.45) is 6.07. The van der Waals surface area contributed by atoms with Crippen molar-refractivity contribution in [2.75, 3.05) is 26.7 Å². The smallest absolute Gasteiger partial charge is 0.272 e. The van der Waals surface area contributed by atoms with Crippen LogP contribution in [0.5, 0.6) is 0 Å². The first-order chi connectivity index (χ1) is 10.2. The molecule has 0 saturated heterocycles. The average Bonchev–Trinajstić information content (AvgIpc) is 3.01. The zero-order chi connectivity index (χ0) is 15.1. The van der Waals surface area contributed by atoms with Gasteiger partial charge in [0.05, 0.1) is 4.92 Å².